The van der Waals surface area contributed by atoms with Gasteiger partial charge in [-0.05, 0) is 37.1 Å². The number of rotatable bonds is 5. The third-order valence-corrected chi connectivity index (χ3v) is 7.21. The van der Waals surface area contributed by atoms with Gasteiger partial charge in [0.1, 0.15) is 18.1 Å². The first-order valence-electron chi connectivity index (χ1n) is 11.1. The second-order valence-corrected chi connectivity index (χ2v) is 10.2. The van der Waals surface area contributed by atoms with E-state index in [9.17, 15) is 13.2 Å². The van der Waals surface area contributed by atoms with E-state index in [1.54, 1.807) is 43.3 Å². The van der Waals surface area contributed by atoms with Gasteiger partial charge in [0.2, 0.25) is 0 Å². The molecule has 0 spiro atoms. The SMILES string of the molecule is COc1cccc(S(=O)(=O)Nc2ccc3c(c2)OC[C@H](C)NC[C@@H](C)[C@H](OC)CN(C)C3=O)c1. The van der Waals surface area contributed by atoms with Crippen LogP contribution in [0.3, 0.4) is 0 Å². The largest absolute Gasteiger partial charge is 0.497 e. The van der Waals surface area contributed by atoms with Crippen LogP contribution in [0, 0.1) is 5.92 Å². The first kappa shape index (κ1) is 25.8. The van der Waals surface area contributed by atoms with Crippen molar-refractivity contribution in [2.45, 2.75) is 30.9 Å². The molecule has 34 heavy (non-hydrogen) atoms. The van der Waals surface area contributed by atoms with E-state index in [1.807, 2.05) is 6.92 Å². The molecular weight excluding hydrogens is 458 g/mol. The molecule has 0 bridgehead atoms. The number of fused-ring (bicyclic) bond motifs is 1. The summed E-state index contributed by atoms with van der Waals surface area (Å²) < 4.78 is 45.1. The van der Waals surface area contributed by atoms with Gasteiger partial charge in [-0.15, -0.1) is 0 Å². The fourth-order valence-corrected chi connectivity index (χ4v) is 4.79. The van der Waals surface area contributed by atoms with E-state index >= 15 is 0 Å². The molecular formula is C24H33N3O6S. The third-order valence-electron chi connectivity index (χ3n) is 5.83. The summed E-state index contributed by atoms with van der Waals surface area (Å²) in [7, 11) is 0.958. The topological polar surface area (TPSA) is 106 Å². The molecule has 2 aromatic rings. The Labute approximate surface area is 201 Å². The maximum Gasteiger partial charge on any atom is 0.262 e. The van der Waals surface area contributed by atoms with Crippen molar-refractivity contribution in [3.05, 3.63) is 48.0 Å². The average molecular weight is 492 g/mol. The van der Waals surface area contributed by atoms with Crippen LogP contribution >= 0.6 is 0 Å². The molecule has 3 rings (SSSR count). The standard InChI is InChI=1S/C24H33N3O6S/c1-16-13-25-17(2)15-33-22-11-18(9-10-21(22)24(28)27(3)14-23(16)32-5)26-34(29,30)20-8-6-7-19(12-20)31-4/h6-12,16-17,23,25-26H,13-15H2,1-5H3/t16-,17+,23-/m1/s1. The third kappa shape index (κ3) is 6.19. The van der Waals surface area contributed by atoms with Crippen molar-refractivity contribution in [3.8, 4) is 11.5 Å². The molecule has 186 valence electrons. The van der Waals surface area contributed by atoms with Gasteiger partial charge in [-0.25, -0.2) is 8.42 Å². The molecule has 9 nitrogen and oxygen atoms in total. The van der Waals surface area contributed by atoms with E-state index in [4.69, 9.17) is 14.2 Å². The van der Waals surface area contributed by atoms with E-state index in [-0.39, 0.29) is 34.6 Å². The molecule has 0 aliphatic carbocycles. The lowest BCUT2D eigenvalue weighted by Crippen LogP contribution is -2.44. The minimum Gasteiger partial charge on any atom is -0.497 e. The van der Waals surface area contributed by atoms with Gasteiger partial charge in [0.25, 0.3) is 15.9 Å². The number of ether oxygens (including phenoxy) is 3. The molecule has 1 aliphatic rings. The Morgan fingerprint density at radius 1 is 1.15 bits per heavy atom. The first-order valence-corrected chi connectivity index (χ1v) is 12.6. The van der Waals surface area contributed by atoms with Gasteiger partial charge in [-0.1, -0.05) is 13.0 Å². The summed E-state index contributed by atoms with van der Waals surface area (Å²) in [6, 6.07) is 10.9. The molecule has 0 unspecified atom stereocenters. The molecule has 2 aromatic carbocycles. The Balaban J connectivity index is 1.92. The highest BCUT2D eigenvalue weighted by atomic mass is 32.2. The Hall–Kier alpha value is -2.82. The number of likely N-dealkylation sites (N-methyl/N-ethyl adjacent to an activating group) is 1. The number of amides is 1. The van der Waals surface area contributed by atoms with Crippen molar-refractivity contribution in [3.63, 3.8) is 0 Å². The van der Waals surface area contributed by atoms with Crippen molar-refractivity contribution >= 4 is 21.6 Å². The zero-order chi connectivity index (χ0) is 24.9. The second-order valence-electron chi connectivity index (χ2n) is 8.55. The number of benzene rings is 2. The molecule has 1 amide bonds. The molecule has 2 N–H and O–H groups in total. The van der Waals surface area contributed by atoms with Crippen LogP contribution in [0.4, 0.5) is 5.69 Å². The van der Waals surface area contributed by atoms with Crippen LogP contribution in [-0.2, 0) is 14.8 Å². The van der Waals surface area contributed by atoms with Crippen LogP contribution in [0.15, 0.2) is 47.4 Å². The molecule has 0 saturated heterocycles. The van der Waals surface area contributed by atoms with Crippen molar-refractivity contribution in [2.24, 2.45) is 5.92 Å². The average Bonchev–Trinajstić information content (AvgIpc) is 2.83. The second kappa shape index (κ2) is 11.1. The number of sulfonamides is 1. The van der Waals surface area contributed by atoms with Crippen LogP contribution in [0.1, 0.15) is 24.2 Å². The minimum absolute atomic E-state index is 0.0113. The molecule has 3 atom stereocenters. The zero-order valence-corrected chi connectivity index (χ0v) is 21.0. The van der Waals surface area contributed by atoms with E-state index in [0.29, 0.717) is 36.8 Å². The van der Waals surface area contributed by atoms with Gasteiger partial charge in [-0.3, -0.25) is 9.52 Å². The van der Waals surface area contributed by atoms with E-state index < -0.39 is 10.0 Å². The lowest BCUT2D eigenvalue weighted by atomic mass is 10.0. The molecule has 10 heteroatoms. The smallest absolute Gasteiger partial charge is 0.262 e. The first-order chi connectivity index (χ1) is 16.1. The Kier molecular flexibility index (Phi) is 8.40. The molecule has 1 aliphatic heterocycles. The highest BCUT2D eigenvalue weighted by Gasteiger charge is 2.26. The summed E-state index contributed by atoms with van der Waals surface area (Å²) in [5, 5.41) is 3.42. The van der Waals surface area contributed by atoms with Crippen LogP contribution < -0.4 is 19.5 Å². The zero-order valence-electron chi connectivity index (χ0n) is 20.2. The number of nitrogens with zero attached hydrogens (tertiary/aromatic N) is 1. The number of methoxy groups -OCH3 is 2. The predicted octanol–water partition coefficient (Wildman–Crippen LogP) is 2.59. The van der Waals surface area contributed by atoms with E-state index in [1.165, 1.54) is 25.3 Å². The van der Waals surface area contributed by atoms with Crippen molar-refractivity contribution < 1.29 is 27.4 Å². The number of carbonyl (C=O) groups is 1. The minimum atomic E-state index is -3.87. The Morgan fingerprint density at radius 2 is 1.91 bits per heavy atom. The van der Waals surface area contributed by atoms with Crippen LogP contribution in [0.25, 0.3) is 0 Å². The maximum atomic E-state index is 13.2. The molecule has 0 fully saturated rings. The lowest BCUT2D eigenvalue weighted by molar-refractivity contribution is 0.0281. The van der Waals surface area contributed by atoms with Crippen molar-refractivity contribution in [1.29, 1.82) is 0 Å². The lowest BCUT2D eigenvalue weighted by Gasteiger charge is -2.30. The number of hydrogen-bond acceptors (Lipinski definition) is 7. The number of carbonyl (C=O) groups excluding carboxylic acids is 1. The molecule has 0 radical (unpaired) electrons. The highest BCUT2D eigenvalue weighted by molar-refractivity contribution is 7.92. The molecule has 1 heterocycles. The summed E-state index contributed by atoms with van der Waals surface area (Å²) in [5.41, 5.74) is 0.634. The van der Waals surface area contributed by atoms with Gasteiger partial charge in [0, 0.05) is 45.4 Å². The molecule has 0 aromatic heterocycles. The van der Waals surface area contributed by atoms with Gasteiger partial charge >= 0.3 is 0 Å². The summed E-state index contributed by atoms with van der Waals surface area (Å²) in [6.45, 7) is 5.49. The predicted molar refractivity (Wildman–Crippen MR) is 130 cm³/mol. The monoisotopic (exact) mass is 491 g/mol. The molecule has 0 saturated carbocycles. The Bertz CT molecular complexity index is 1110. The summed E-state index contributed by atoms with van der Waals surface area (Å²) >= 11 is 0. The van der Waals surface area contributed by atoms with E-state index in [0.717, 1.165) is 0 Å². The van der Waals surface area contributed by atoms with Gasteiger partial charge in [0.05, 0.1) is 29.4 Å². The number of nitrogens with one attached hydrogen (secondary N) is 2. The summed E-state index contributed by atoms with van der Waals surface area (Å²) in [4.78, 5) is 14.9. The van der Waals surface area contributed by atoms with Gasteiger partial charge < -0.3 is 24.4 Å². The van der Waals surface area contributed by atoms with Crippen LogP contribution in [0.5, 0.6) is 11.5 Å². The fraction of sp³-hybridized carbons (Fsp3) is 0.458. The normalized spacial score (nSPS) is 22.1. The van der Waals surface area contributed by atoms with Crippen LogP contribution in [0.2, 0.25) is 0 Å². The van der Waals surface area contributed by atoms with Crippen LogP contribution in [-0.4, -0.2) is 72.3 Å². The highest BCUT2D eigenvalue weighted by Crippen LogP contribution is 2.28. The quantitative estimate of drug-likeness (QED) is 0.662. The van der Waals surface area contributed by atoms with Gasteiger partial charge in [-0.2, -0.15) is 0 Å². The summed E-state index contributed by atoms with van der Waals surface area (Å²) in [6.07, 6.45) is -0.133. The summed E-state index contributed by atoms with van der Waals surface area (Å²) in [5.74, 6) is 0.698. The van der Waals surface area contributed by atoms with Crippen molar-refractivity contribution in [2.75, 3.05) is 45.7 Å². The fourth-order valence-electron chi connectivity index (χ4n) is 3.70. The van der Waals surface area contributed by atoms with Crippen molar-refractivity contribution in [1.82, 2.24) is 10.2 Å². The Morgan fingerprint density at radius 3 is 2.62 bits per heavy atom. The number of hydrogen-bond donors (Lipinski definition) is 2. The number of anilines is 1. The maximum absolute atomic E-state index is 13.2. The van der Waals surface area contributed by atoms with E-state index in [2.05, 4.69) is 17.0 Å². The van der Waals surface area contributed by atoms with Gasteiger partial charge in [0.15, 0.2) is 0 Å².